The molecule has 1 aromatic rings. The number of thioether (sulfide) groups is 1. The largest absolute Gasteiger partial charge is 0.399 e. The molecule has 0 heterocycles. The van der Waals surface area contributed by atoms with Crippen molar-refractivity contribution in [2.75, 3.05) is 16.8 Å². The Morgan fingerprint density at radius 1 is 1.32 bits per heavy atom. The molecule has 0 aromatic heterocycles. The summed E-state index contributed by atoms with van der Waals surface area (Å²) in [6.45, 7) is 0. The van der Waals surface area contributed by atoms with Crippen LogP contribution in [0.1, 0.15) is 25.7 Å². The van der Waals surface area contributed by atoms with E-state index >= 15 is 0 Å². The molecule has 1 fully saturated rings. The van der Waals surface area contributed by atoms with E-state index < -0.39 is 0 Å². The highest BCUT2D eigenvalue weighted by molar-refractivity contribution is 8.00. The molecule has 1 aliphatic rings. The average molecular weight is 319 g/mol. The summed E-state index contributed by atoms with van der Waals surface area (Å²) in [6.07, 6.45) is 4.96. The van der Waals surface area contributed by atoms with Crippen molar-refractivity contribution in [1.29, 1.82) is 0 Å². The van der Waals surface area contributed by atoms with Crippen LogP contribution in [0.3, 0.4) is 0 Å². The third-order valence-electron chi connectivity index (χ3n) is 3.08. The van der Waals surface area contributed by atoms with Crippen molar-refractivity contribution in [2.24, 2.45) is 0 Å². The van der Waals surface area contributed by atoms with Gasteiger partial charge < -0.3 is 11.1 Å². The minimum atomic E-state index is -0.0783. The highest BCUT2D eigenvalue weighted by Gasteiger charge is 2.17. The highest BCUT2D eigenvalue weighted by atomic mass is 35.5. The molecule has 0 radical (unpaired) electrons. The van der Waals surface area contributed by atoms with Crippen LogP contribution in [0.15, 0.2) is 12.1 Å². The van der Waals surface area contributed by atoms with Gasteiger partial charge in [-0.25, -0.2) is 0 Å². The molecule has 0 unspecified atom stereocenters. The monoisotopic (exact) mass is 318 g/mol. The van der Waals surface area contributed by atoms with Gasteiger partial charge in [-0.1, -0.05) is 36.0 Å². The minimum Gasteiger partial charge on any atom is -0.399 e. The first-order valence-corrected chi connectivity index (χ1v) is 8.02. The van der Waals surface area contributed by atoms with E-state index in [1.165, 1.54) is 25.7 Å². The predicted molar refractivity (Wildman–Crippen MR) is 84.2 cm³/mol. The van der Waals surface area contributed by atoms with Gasteiger partial charge in [0.1, 0.15) is 0 Å². The summed E-state index contributed by atoms with van der Waals surface area (Å²) >= 11 is 13.7. The number of anilines is 2. The zero-order chi connectivity index (χ0) is 13.8. The van der Waals surface area contributed by atoms with Crippen molar-refractivity contribution in [3.8, 4) is 0 Å². The van der Waals surface area contributed by atoms with E-state index in [1.807, 2.05) is 0 Å². The van der Waals surface area contributed by atoms with Crippen LogP contribution >= 0.6 is 35.0 Å². The summed E-state index contributed by atoms with van der Waals surface area (Å²) in [5, 5.41) is 4.09. The van der Waals surface area contributed by atoms with Crippen LogP contribution in [0, 0.1) is 0 Å². The maximum Gasteiger partial charge on any atom is 0.234 e. The van der Waals surface area contributed by atoms with Gasteiger partial charge >= 0.3 is 0 Å². The summed E-state index contributed by atoms with van der Waals surface area (Å²) < 4.78 is 0. The fourth-order valence-corrected chi connectivity index (χ4v) is 3.86. The molecule has 0 saturated heterocycles. The summed E-state index contributed by atoms with van der Waals surface area (Å²) in [5.41, 5.74) is 6.53. The first kappa shape index (κ1) is 14.8. The average Bonchev–Trinajstić information content (AvgIpc) is 2.84. The van der Waals surface area contributed by atoms with E-state index in [-0.39, 0.29) is 5.91 Å². The first-order valence-electron chi connectivity index (χ1n) is 6.22. The van der Waals surface area contributed by atoms with Crippen molar-refractivity contribution in [3.63, 3.8) is 0 Å². The molecule has 0 atom stereocenters. The molecule has 1 amide bonds. The normalized spacial score (nSPS) is 15.7. The first-order chi connectivity index (χ1) is 9.06. The van der Waals surface area contributed by atoms with E-state index in [4.69, 9.17) is 28.9 Å². The predicted octanol–water partition coefficient (Wildman–Crippen LogP) is 4.19. The van der Waals surface area contributed by atoms with Gasteiger partial charge in [-0.2, -0.15) is 0 Å². The second-order valence-corrected chi connectivity index (χ2v) is 6.73. The van der Waals surface area contributed by atoms with Gasteiger partial charge in [-0.3, -0.25) is 4.79 Å². The van der Waals surface area contributed by atoms with Crippen molar-refractivity contribution in [2.45, 2.75) is 30.9 Å². The minimum absolute atomic E-state index is 0.0783. The molecule has 0 aliphatic heterocycles. The topological polar surface area (TPSA) is 55.1 Å². The lowest BCUT2D eigenvalue weighted by Crippen LogP contribution is -2.16. The Labute approximate surface area is 127 Å². The maximum atomic E-state index is 11.9. The molecule has 1 aromatic carbocycles. The SMILES string of the molecule is Nc1cc(Cl)c(NC(=O)CSC2CCCC2)c(Cl)c1. The Balaban J connectivity index is 1.91. The lowest BCUT2D eigenvalue weighted by atomic mass is 10.3. The number of nitrogens with two attached hydrogens (primary N) is 1. The zero-order valence-corrected chi connectivity index (χ0v) is 12.7. The maximum absolute atomic E-state index is 11.9. The van der Waals surface area contributed by atoms with Crippen LogP contribution in [0.4, 0.5) is 11.4 Å². The van der Waals surface area contributed by atoms with Crippen molar-refractivity contribution in [3.05, 3.63) is 22.2 Å². The third-order valence-corrected chi connectivity index (χ3v) is 5.05. The van der Waals surface area contributed by atoms with E-state index in [0.29, 0.717) is 32.4 Å². The van der Waals surface area contributed by atoms with E-state index in [0.717, 1.165) is 0 Å². The molecular formula is C13H16Cl2N2OS. The molecule has 1 saturated carbocycles. The Morgan fingerprint density at radius 3 is 2.47 bits per heavy atom. The lowest BCUT2D eigenvalue weighted by molar-refractivity contribution is -0.113. The fraction of sp³-hybridized carbons (Fsp3) is 0.462. The van der Waals surface area contributed by atoms with Crippen LogP contribution in [0.5, 0.6) is 0 Å². The molecule has 3 nitrogen and oxygen atoms in total. The zero-order valence-electron chi connectivity index (χ0n) is 10.4. The van der Waals surface area contributed by atoms with Crippen LogP contribution < -0.4 is 11.1 Å². The number of rotatable bonds is 4. The van der Waals surface area contributed by atoms with Gasteiger partial charge in [-0.15, -0.1) is 11.8 Å². The number of carbonyl (C=O) groups is 1. The molecule has 0 bridgehead atoms. The number of nitrogens with one attached hydrogen (secondary N) is 1. The molecule has 2 rings (SSSR count). The molecule has 6 heteroatoms. The number of nitrogen functional groups attached to an aromatic ring is 1. The number of hydrogen-bond donors (Lipinski definition) is 2. The summed E-state index contributed by atoms with van der Waals surface area (Å²) in [5.74, 6) is 0.354. The Morgan fingerprint density at radius 2 is 1.89 bits per heavy atom. The quantitative estimate of drug-likeness (QED) is 0.818. The Hall–Kier alpha value is -0.580. The van der Waals surface area contributed by atoms with Crippen LogP contribution in [0.2, 0.25) is 10.0 Å². The van der Waals surface area contributed by atoms with Gasteiger partial charge in [0.15, 0.2) is 0 Å². The molecule has 104 valence electrons. The Kier molecular flexibility index (Phi) is 5.25. The van der Waals surface area contributed by atoms with Crippen LogP contribution in [-0.4, -0.2) is 16.9 Å². The Bertz CT molecular complexity index is 453. The number of benzene rings is 1. The van der Waals surface area contributed by atoms with Crippen molar-refractivity contribution in [1.82, 2.24) is 0 Å². The van der Waals surface area contributed by atoms with E-state index in [2.05, 4.69) is 5.32 Å². The fourth-order valence-electron chi connectivity index (χ4n) is 2.14. The van der Waals surface area contributed by atoms with Crippen molar-refractivity contribution < 1.29 is 4.79 Å². The second kappa shape index (κ2) is 6.73. The number of carbonyl (C=O) groups excluding carboxylic acids is 1. The van der Waals surface area contributed by atoms with E-state index in [9.17, 15) is 4.79 Å². The molecular weight excluding hydrogens is 303 g/mol. The summed E-state index contributed by atoms with van der Waals surface area (Å²) in [4.78, 5) is 11.9. The number of hydrogen-bond acceptors (Lipinski definition) is 3. The highest BCUT2D eigenvalue weighted by Crippen LogP contribution is 2.33. The lowest BCUT2D eigenvalue weighted by Gasteiger charge is -2.12. The molecule has 1 aliphatic carbocycles. The van der Waals surface area contributed by atoms with Gasteiger partial charge in [0.25, 0.3) is 0 Å². The van der Waals surface area contributed by atoms with Crippen molar-refractivity contribution >= 4 is 52.2 Å². The molecule has 3 N–H and O–H groups in total. The molecule has 19 heavy (non-hydrogen) atoms. The molecule has 0 spiro atoms. The summed E-state index contributed by atoms with van der Waals surface area (Å²) in [7, 11) is 0. The van der Waals surface area contributed by atoms with Crippen LogP contribution in [-0.2, 0) is 4.79 Å². The van der Waals surface area contributed by atoms with Gasteiger partial charge in [0, 0.05) is 10.9 Å². The van der Waals surface area contributed by atoms with Gasteiger partial charge in [0.2, 0.25) is 5.91 Å². The number of halogens is 2. The second-order valence-electron chi connectivity index (χ2n) is 4.63. The standard InChI is InChI=1S/C13H16Cl2N2OS/c14-10-5-8(16)6-11(15)13(10)17-12(18)7-19-9-3-1-2-4-9/h5-6,9H,1-4,7,16H2,(H,17,18). The van der Waals surface area contributed by atoms with Gasteiger partial charge in [0.05, 0.1) is 21.5 Å². The van der Waals surface area contributed by atoms with Gasteiger partial charge in [-0.05, 0) is 25.0 Å². The van der Waals surface area contributed by atoms with Crippen LogP contribution in [0.25, 0.3) is 0 Å². The smallest absolute Gasteiger partial charge is 0.234 e. The third kappa shape index (κ3) is 4.20. The van der Waals surface area contributed by atoms with E-state index in [1.54, 1.807) is 23.9 Å². The summed E-state index contributed by atoms with van der Waals surface area (Å²) in [6, 6.07) is 3.15. The number of amides is 1.